The molecule has 0 saturated heterocycles. The third-order valence-electron chi connectivity index (χ3n) is 3.69. The van der Waals surface area contributed by atoms with Gasteiger partial charge in [-0.05, 0) is 29.8 Å². The number of carbonyl (C=O) groups is 1. The summed E-state index contributed by atoms with van der Waals surface area (Å²) in [5.74, 6) is -2.04. The van der Waals surface area contributed by atoms with Gasteiger partial charge in [0.2, 0.25) is 11.8 Å². The Bertz CT molecular complexity index is 924. The van der Waals surface area contributed by atoms with E-state index in [0.29, 0.717) is 11.3 Å². The van der Waals surface area contributed by atoms with Crippen LogP contribution in [0.3, 0.4) is 0 Å². The Morgan fingerprint density at radius 3 is 2.46 bits per heavy atom. The number of carbonyl (C=O) groups excluding carboxylic acids is 1. The van der Waals surface area contributed by atoms with Gasteiger partial charge in [-0.1, -0.05) is 30.3 Å². The summed E-state index contributed by atoms with van der Waals surface area (Å²) in [6.45, 7) is 0.0516. The van der Waals surface area contributed by atoms with E-state index >= 15 is 0 Å². The number of aliphatic hydroxyl groups excluding tert-OH is 1. The Morgan fingerprint density at radius 1 is 1.14 bits per heavy atom. The van der Waals surface area contributed by atoms with Crippen molar-refractivity contribution in [1.29, 1.82) is 0 Å². The van der Waals surface area contributed by atoms with Crippen LogP contribution in [0.25, 0.3) is 11.5 Å². The molecule has 9 heteroatoms. The first kappa shape index (κ1) is 19.4. The number of anilines is 1. The average Bonchev–Trinajstić information content (AvgIpc) is 3.15. The second-order valence-corrected chi connectivity index (χ2v) is 5.74. The maximum atomic E-state index is 12.2. The first-order valence-corrected chi connectivity index (χ1v) is 8.13. The smallest absolute Gasteiger partial charge is 0.471 e. The molecule has 0 bridgehead atoms. The van der Waals surface area contributed by atoms with Crippen molar-refractivity contribution in [2.75, 3.05) is 11.9 Å². The van der Waals surface area contributed by atoms with E-state index in [0.717, 1.165) is 11.8 Å². The van der Waals surface area contributed by atoms with E-state index < -0.39 is 24.1 Å². The molecule has 0 saturated carbocycles. The van der Waals surface area contributed by atoms with E-state index in [1.165, 1.54) is 0 Å². The van der Waals surface area contributed by atoms with Crippen LogP contribution in [0.5, 0.6) is 5.75 Å². The molecule has 0 radical (unpaired) electrons. The summed E-state index contributed by atoms with van der Waals surface area (Å²) in [5.41, 5.74) is 1.20. The van der Waals surface area contributed by atoms with Gasteiger partial charge in [0.15, 0.2) is 0 Å². The van der Waals surface area contributed by atoms with Gasteiger partial charge in [0.1, 0.15) is 18.5 Å². The molecule has 1 atom stereocenters. The van der Waals surface area contributed by atoms with Crippen LogP contribution in [0, 0.1) is 0 Å². The molecule has 2 aromatic carbocycles. The van der Waals surface area contributed by atoms with Crippen molar-refractivity contribution < 1.29 is 32.2 Å². The number of ether oxygens (including phenoxy) is 1. The maximum absolute atomic E-state index is 12.2. The molecule has 3 aromatic rings. The number of halogens is 3. The molecular formula is C19H15F3N2O4. The second kappa shape index (κ2) is 8.13. The quantitative estimate of drug-likeness (QED) is 0.664. The summed E-state index contributed by atoms with van der Waals surface area (Å²) >= 11 is 0. The molecule has 6 nitrogen and oxygen atoms in total. The minimum absolute atomic E-state index is 0.0355. The first-order valence-electron chi connectivity index (χ1n) is 8.13. The highest BCUT2D eigenvalue weighted by atomic mass is 19.4. The van der Waals surface area contributed by atoms with Crippen LogP contribution in [0.15, 0.2) is 65.2 Å². The van der Waals surface area contributed by atoms with Gasteiger partial charge in [0.25, 0.3) is 0 Å². The minimum atomic E-state index is -5.02. The van der Waals surface area contributed by atoms with Crippen LogP contribution < -0.4 is 10.1 Å². The Hall–Kier alpha value is -3.33. The third kappa shape index (κ3) is 4.89. The molecule has 3 rings (SSSR count). The van der Waals surface area contributed by atoms with Crippen molar-refractivity contribution in [1.82, 2.24) is 4.98 Å². The average molecular weight is 392 g/mol. The summed E-state index contributed by atoms with van der Waals surface area (Å²) < 4.78 is 47.4. The van der Waals surface area contributed by atoms with E-state index in [4.69, 9.17) is 9.15 Å². The van der Waals surface area contributed by atoms with Gasteiger partial charge in [0.05, 0.1) is 6.20 Å². The molecule has 28 heavy (non-hydrogen) atoms. The number of aromatic nitrogens is 1. The lowest BCUT2D eigenvalue weighted by molar-refractivity contribution is -0.167. The van der Waals surface area contributed by atoms with E-state index in [1.54, 1.807) is 41.7 Å². The van der Waals surface area contributed by atoms with Gasteiger partial charge in [-0.25, -0.2) is 4.98 Å². The van der Waals surface area contributed by atoms with Gasteiger partial charge >= 0.3 is 12.1 Å². The Kier molecular flexibility index (Phi) is 5.65. The van der Waals surface area contributed by atoms with Crippen LogP contribution in [0.1, 0.15) is 11.7 Å². The van der Waals surface area contributed by atoms with E-state index in [2.05, 4.69) is 4.98 Å². The molecule has 0 aliphatic rings. The Labute approximate surface area is 157 Å². The highest BCUT2D eigenvalue weighted by molar-refractivity contribution is 5.93. The number of amides is 1. The van der Waals surface area contributed by atoms with Crippen molar-refractivity contribution in [3.63, 3.8) is 0 Å². The lowest BCUT2D eigenvalue weighted by Gasteiger charge is -2.12. The molecule has 0 aliphatic carbocycles. The number of hydrogen-bond acceptors (Lipinski definition) is 5. The molecule has 1 amide bonds. The van der Waals surface area contributed by atoms with Crippen LogP contribution in [0.4, 0.5) is 19.1 Å². The zero-order valence-corrected chi connectivity index (χ0v) is 14.3. The summed E-state index contributed by atoms with van der Waals surface area (Å²) in [6, 6.07) is 15.4. The fraction of sp³-hybridized carbons (Fsp3) is 0.158. The summed E-state index contributed by atoms with van der Waals surface area (Å²) in [7, 11) is 0. The molecule has 1 unspecified atom stereocenters. The monoisotopic (exact) mass is 392 g/mol. The summed E-state index contributed by atoms with van der Waals surface area (Å²) in [5, 5.41) is 11.7. The number of aliphatic hydroxyl groups is 1. The molecule has 1 heterocycles. The van der Waals surface area contributed by atoms with Crippen molar-refractivity contribution >= 4 is 11.8 Å². The predicted octanol–water partition coefficient (Wildman–Crippen LogP) is 3.95. The molecule has 0 aliphatic heterocycles. The van der Waals surface area contributed by atoms with Gasteiger partial charge in [0, 0.05) is 5.56 Å². The normalized spacial score (nSPS) is 12.4. The van der Waals surface area contributed by atoms with E-state index in [-0.39, 0.29) is 12.5 Å². The fourth-order valence-electron chi connectivity index (χ4n) is 2.29. The molecule has 0 fully saturated rings. The van der Waals surface area contributed by atoms with Crippen molar-refractivity contribution in [3.05, 3.63) is 66.4 Å². The van der Waals surface area contributed by atoms with Crippen LogP contribution in [-0.2, 0) is 4.79 Å². The van der Waals surface area contributed by atoms with Gasteiger partial charge in [-0.15, -0.1) is 0 Å². The fourth-order valence-corrected chi connectivity index (χ4v) is 2.29. The third-order valence-corrected chi connectivity index (χ3v) is 3.69. The molecule has 0 spiro atoms. The number of nitrogens with zero attached hydrogens (tertiary/aromatic N) is 1. The van der Waals surface area contributed by atoms with Crippen LogP contribution in [0.2, 0.25) is 0 Å². The number of rotatable bonds is 6. The van der Waals surface area contributed by atoms with E-state index in [9.17, 15) is 23.1 Å². The SMILES string of the molecule is O=C(Nc1cnc(-c2ccc(OCC(O)c3ccccc3)cc2)o1)C(F)(F)F. The molecule has 2 N–H and O–H groups in total. The highest BCUT2D eigenvalue weighted by Gasteiger charge is 2.39. The van der Waals surface area contributed by atoms with Gasteiger partial charge in [-0.3, -0.25) is 10.1 Å². The molecular weight excluding hydrogens is 377 g/mol. The van der Waals surface area contributed by atoms with Crippen molar-refractivity contribution in [2.24, 2.45) is 0 Å². The lowest BCUT2D eigenvalue weighted by atomic mass is 10.1. The first-order chi connectivity index (χ1) is 13.3. The standard InChI is InChI=1S/C19H15F3N2O4/c20-19(21,22)18(26)24-16-10-23-17(28-16)13-6-8-14(9-7-13)27-11-15(25)12-4-2-1-3-5-12/h1-10,15,25H,11H2,(H,24,26). The van der Waals surface area contributed by atoms with Gasteiger partial charge in [-0.2, -0.15) is 13.2 Å². The summed E-state index contributed by atoms with van der Waals surface area (Å²) in [6.07, 6.45) is -4.82. The largest absolute Gasteiger partial charge is 0.491 e. The van der Waals surface area contributed by atoms with E-state index in [1.807, 2.05) is 18.2 Å². The van der Waals surface area contributed by atoms with Crippen molar-refractivity contribution in [2.45, 2.75) is 12.3 Å². The topological polar surface area (TPSA) is 84.6 Å². The zero-order chi connectivity index (χ0) is 20.1. The van der Waals surface area contributed by atoms with Crippen LogP contribution >= 0.6 is 0 Å². The Balaban J connectivity index is 1.59. The Morgan fingerprint density at radius 2 is 1.82 bits per heavy atom. The number of nitrogens with one attached hydrogen (secondary N) is 1. The lowest BCUT2D eigenvalue weighted by Crippen LogP contribution is -2.29. The van der Waals surface area contributed by atoms with Crippen LogP contribution in [-0.4, -0.2) is 28.8 Å². The number of benzene rings is 2. The zero-order valence-electron chi connectivity index (χ0n) is 14.3. The number of alkyl halides is 3. The second-order valence-electron chi connectivity index (χ2n) is 5.74. The van der Waals surface area contributed by atoms with Gasteiger partial charge < -0.3 is 14.3 Å². The maximum Gasteiger partial charge on any atom is 0.471 e. The summed E-state index contributed by atoms with van der Waals surface area (Å²) in [4.78, 5) is 14.7. The number of oxazole rings is 1. The minimum Gasteiger partial charge on any atom is -0.491 e. The number of hydrogen-bond donors (Lipinski definition) is 2. The highest BCUT2D eigenvalue weighted by Crippen LogP contribution is 2.26. The molecule has 1 aromatic heterocycles. The molecule has 146 valence electrons. The predicted molar refractivity (Wildman–Crippen MR) is 93.5 cm³/mol. The van der Waals surface area contributed by atoms with Crippen molar-refractivity contribution in [3.8, 4) is 17.2 Å².